The van der Waals surface area contributed by atoms with Gasteiger partial charge in [0.15, 0.2) is 12.0 Å². The van der Waals surface area contributed by atoms with Gasteiger partial charge in [-0.3, -0.25) is 0 Å². The summed E-state index contributed by atoms with van der Waals surface area (Å²) in [6.45, 7) is 1.73. The van der Waals surface area contributed by atoms with E-state index in [1.165, 1.54) is 18.6 Å². The van der Waals surface area contributed by atoms with Gasteiger partial charge in [0.05, 0.1) is 0 Å². The number of aromatic nitrogens is 3. The molecule has 0 amide bonds. The van der Waals surface area contributed by atoms with Crippen molar-refractivity contribution < 1.29 is 8.78 Å². The van der Waals surface area contributed by atoms with Gasteiger partial charge < -0.3 is 11.1 Å². The lowest BCUT2D eigenvalue weighted by Crippen LogP contribution is -2.35. The van der Waals surface area contributed by atoms with Crippen molar-refractivity contribution >= 4 is 11.9 Å². The molecule has 0 radical (unpaired) electrons. The van der Waals surface area contributed by atoms with E-state index in [9.17, 15) is 8.78 Å². The standard InChI is InChI=1S/C19H25F2N5/c1-2-15(21)17-24-18(22)26-19(25-17)23-16(13-4-3-5-13)11-8-12-6-9-14(20)10-7-12/h6-7,9-10,13,15-16H,2-5,8,11H2,1H3,(H3,22,23,24,25,26)/t15-,16-/m0/s1. The van der Waals surface area contributed by atoms with Gasteiger partial charge in [-0.15, -0.1) is 0 Å². The molecule has 1 aliphatic rings. The Labute approximate surface area is 152 Å². The lowest BCUT2D eigenvalue weighted by atomic mass is 9.78. The van der Waals surface area contributed by atoms with Crippen LogP contribution in [-0.2, 0) is 6.42 Å². The molecule has 3 rings (SSSR count). The Morgan fingerprint density at radius 2 is 1.92 bits per heavy atom. The Hall–Kier alpha value is -2.31. The summed E-state index contributed by atoms with van der Waals surface area (Å²) in [5.41, 5.74) is 6.81. The zero-order valence-electron chi connectivity index (χ0n) is 15.0. The fourth-order valence-corrected chi connectivity index (χ4v) is 3.20. The van der Waals surface area contributed by atoms with Gasteiger partial charge in [0.2, 0.25) is 11.9 Å². The highest BCUT2D eigenvalue weighted by molar-refractivity contribution is 5.33. The van der Waals surface area contributed by atoms with Gasteiger partial charge in [-0.2, -0.15) is 15.0 Å². The molecule has 1 aliphatic carbocycles. The summed E-state index contributed by atoms with van der Waals surface area (Å²) >= 11 is 0. The number of nitrogens with zero attached hydrogens (tertiary/aromatic N) is 3. The second-order valence-electron chi connectivity index (χ2n) is 6.86. The predicted molar refractivity (Wildman–Crippen MR) is 97.9 cm³/mol. The van der Waals surface area contributed by atoms with E-state index in [1.807, 2.05) is 0 Å². The molecule has 0 saturated heterocycles. The molecule has 0 unspecified atom stereocenters. The molecule has 3 N–H and O–H groups in total. The Morgan fingerprint density at radius 3 is 2.54 bits per heavy atom. The third kappa shape index (κ3) is 4.65. The van der Waals surface area contributed by atoms with Crippen molar-refractivity contribution in [2.24, 2.45) is 5.92 Å². The summed E-state index contributed by atoms with van der Waals surface area (Å²) in [6.07, 6.45) is 4.24. The maximum atomic E-state index is 13.9. The van der Waals surface area contributed by atoms with E-state index in [1.54, 1.807) is 19.1 Å². The van der Waals surface area contributed by atoms with Crippen LogP contribution in [0.4, 0.5) is 20.7 Å². The van der Waals surface area contributed by atoms with Crippen LogP contribution in [-0.4, -0.2) is 21.0 Å². The van der Waals surface area contributed by atoms with Crippen LogP contribution >= 0.6 is 0 Å². The molecule has 7 heteroatoms. The Morgan fingerprint density at radius 1 is 1.19 bits per heavy atom. The van der Waals surface area contributed by atoms with Gasteiger partial charge in [0.25, 0.3) is 0 Å². The summed E-state index contributed by atoms with van der Waals surface area (Å²) in [5, 5.41) is 3.34. The largest absolute Gasteiger partial charge is 0.368 e. The number of halogens is 2. The van der Waals surface area contributed by atoms with Crippen LogP contribution in [0.2, 0.25) is 0 Å². The zero-order chi connectivity index (χ0) is 18.5. The van der Waals surface area contributed by atoms with Crippen LogP contribution in [0.15, 0.2) is 24.3 Å². The van der Waals surface area contributed by atoms with Crippen molar-refractivity contribution in [3.05, 3.63) is 41.5 Å². The number of hydrogen-bond donors (Lipinski definition) is 2. The van der Waals surface area contributed by atoms with Gasteiger partial charge in [-0.05, 0) is 55.7 Å². The first-order valence-corrected chi connectivity index (χ1v) is 9.21. The van der Waals surface area contributed by atoms with E-state index in [2.05, 4.69) is 20.3 Å². The van der Waals surface area contributed by atoms with Crippen LogP contribution in [0.3, 0.4) is 0 Å². The number of rotatable bonds is 8. The Balaban J connectivity index is 1.70. The molecule has 140 valence electrons. The van der Waals surface area contributed by atoms with Crippen molar-refractivity contribution in [2.45, 2.75) is 57.7 Å². The molecule has 26 heavy (non-hydrogen) atoms. The molecule has 0 bridgehead atoms. The van der Waals surface area contributed by atoms with Crippen molar-refractivity contribution in [3.8, 4) is 0 Å². The van der Waals surface area contributed by atoms with Crippen molar-refractivity contribution in [2.75, 3.05) is 11.1 Å². The SMILES string of the molecule is CC[C@H](F)c1nc(N)nc(N[C@@H](CCc2ccc(F)cc2)C2CCC2)n1. The van der Waals surface area contributed by atoms with Gasteiger partial charge in [0, 0.05) is 6.04 Å². The fourth-order valence-electron chi connectivity index (χ4n) is 3.20. The summed E-state index contributed by atoms with van der Waals surface area (Å²) in [7, 11) is 0. The third-order valence-electron chi connectivity index (χ3n) is 5.00. The molecule has 1 aromatic heterocycles. The highest BCUT2D eigenvalue weighted by Crippen LogP contribution is 2.33. The van der Waals surface area contributed by atoms with Crippen LogP contribution in [0.1, 0.15) is 56.6 Å². The average molecular weight is 361 g/mol. The molecule has 1 heterocycles. The van der Waals surface area contributed by atoms with E-state index in [-0.39, 0.29) is 23.6 Å². The summed E-state index contributed by atoms with van der Waals surface area (Å²) < 4.78 is 27.0. The zero-order valence-corrected chi connectivity index (χ0v) is 15.0. The normalized spacial score (nSPS) is 16.7. The second kappa shape index (κ2) is 8.38. The van der Waals surface area contributed by atoms with Gasteiger partial charge in [0.1, 0.15) is 5.82 Å². The highest BCUT2D eigenvalue weighted by atomic mass is 19.1. The van der Waals surface area contributed by atoms with Gasteiger partial charge >= 0.3 is 0 Å². The van der Waals surface area contributed by atoms with E-state index in [0.717, 1.165) is 31.2 Å². The molecular formula is C19H25F2N5. The molecule has 5 nitrogen and oxygen atoms in total. The molecule has 2 aromatic rings. The molecular weight excluding hydrogens is 336 g/mol. The lowest BCUT2D eigenvalue weighted by molar-refractivity contribution is 0.265. The van der Waals surface area contributed by atoms with Crippen LogP contribution in [0.5, 0.6) is 0 Å². The maximum Gasteiger partial charge on any atom is 0.228 e. The van der Waals surface area contributed by atoms with Crippen molar-refractivity contribution in [1.82, 2.24) is 15.0 Å². The summed E-state index contributed by atoms with van der Waals surface area (Å²) in [4.78, 5) is 12.2. The van der Waals surface area contributed by atoms with Crippen molar-refractivity contribution in [3.63, 3.8) is 0 Å². The monoisotopic (exact) mass is 361 g/mol. The Bertz CT molecular complexity index is 718. The molecule has 1 aromatic carbocycles. The first-order chi connectivity index (χ1) is 12.5. The van der Waals surface area contributed by atoms with Crippen LogP contribution < -0.4 is 11.1 Å². The first kappa shape index (κ1) is 18.5. The predicted octanol–water partition coefficient (Wildman–Crippen LogP) is 4.23. The van der Waals surface area contributed by atoms with E-state index in [0.29, 0.717) is 18.3 Å². The van der Waals surface area contributed by atoms with Crippen LogP contribution in [0, 0.1) is 11.7 Å². The average Bonchev–Trinajstić information content (AvgIpc) is 2.58. The van der Waals surface area contributed by atoms with E-state index in [4.69, 9.17) is 5.73 Å². The number of nitrogen functional groups attached to an aromatic ring is 1. The quantitative estimate of drug-likeness (QED) is 0.736. The number of aryl methyl sites for hydroxylation is 1. The van der Waals surface area contributed by atoms with Crippen LogP contribution in [0.25, 0.3) is 0 Å². The molecule has 0 aliphatic heterocycles. The number of anilines is 2. The number of alkyl halides is 1. The molecule has 1 fully saturated rings. The smallest absolute Gasteiger partial charge is 0.228 e. The number of nitrogens with two attached hydrogens (primary N) is 1. The maximum absolute atomic E-state index is 13.9. The molecule has 1 saturated carbocycles. The second-order valence-corrected chi connectivity index (χ2v) is 6.86. The summed E-state index contributed by atoms with van der Waals surface area (Å²) in [5.74, 6) is 0.740. The van der Waals surface area contributed by atoms with Gasteiger partial charge in [-0.1, -0.05) is 25.5 Å². The van der Waals surface area contributed by atoms with Crippen molar-refractivity contribution in [1.29, 1.82) is 0 Å². The number of nitrogens with one attached hydrogen (secondary N) is 1. The number of benzene rings is 1. The minimum Gasteiger partial charge on any atom is -0.368 e. The fraction of sp³-hybridized carbons (Fsp3) is 0.526. The molecule has 0 spiro atoms. The number of hydrogen-bond acceptors (Lipinski definition) is 5. The minimum absolute atomic E-state index is 0.0273. The lowest BCUT2D eigenvalue weighted by Gasteiger charge is -2.34. The minimum atomic E-state index is -1.25. The molecule has 2 atom stereocenters. The van der Waals surface area contributed by atoms with E-state index >= 15 is 0 Å². The highest BCUT2D eigenvalue weighted by Gasteiger charge is 2.28. The summed E-state index contributed by atoms with van der Waals surface area (Å²) in [6, 6.07) is 6.74. The van der Waals surface area contributed by atoms with E-state index < -0.39 is 6.17 Å². The topological polar surface area (TPSA) is 76.7 Å². The first-order valence-electron chi connectivity index (χ1n) is 9.21. The Kier molecular flexibility index (Phi) is 5.96. The van der Waals surface area contributed by atoms with Gasteiger partial charge in [-0.25, -0.2) is 8.78 Å². The third-order valence-corrected chi connectivity index (χ3v) is 5.00.